The number of anilines is 1. The van der Waals surface area contributed by atoms with Crippen molar-refractivity contribution in [1.82, 2.24) is 4.90 Å². The highest BCUT2D eigenvalue weighted by Gasteiger charge is 2.27. The van der Waals surface area contributed by atoms with Crippen LogP contribution >= 0.6 is 27.7 Å². The predicted molar refractivity (Wildman–Crippen MR) is 96.7 cm³/mol. The molecular weight excluding hydrogens is 380 g/mol. The van der Waals surface area contributed by atoms with Crippen LogP contribution in [0.15, 0.2) is 28.7 Å². The molecule has 5 nitrogen and oxygen atoms in total. The first-order valence-electron chi connectivity index (χ1n) is 7.50. The van der Waals surface area contributed by atoms with Gasteiger partial charge in [-0.05, 0) is 32.0 Å². The van der Waals surface area contributed by atoms with Crippen LogP contribution in [0, 0.1) is 0 Å². The lowest BCUT2D eigenvalue weighted by Crippen LogP contribution is -2.50. The first-order valence-corrected chi connectivity index (χ1v) is 9.44. The molecule has 0 bridgehead atoms. The van der Waals surface area contributed by atoms with Crippen molar-refractivity contribution in [1.29, 1.82) is 0 Å². The lowest BCUT2D eigenvalue weighted by atomic mass is 10.2. The van der Waals surface area contributed by atoms with Gasteiger partial charge in [0.25, 0.3) is 0 Å². The summed E-state index contributed by atoms with van der Waals surface area (Å²) in [4.78, 5) is 26.0. The highest BCUT2D eigenvalue weighted by Crippen LogP contribution is 2.17. The summed E-state index contributed by atoms with van der Waals surface area (Å²) in [6, 6.07) is 7.51. The molecule has 0 radical (unpaired) electrons. The van der Waals surface area contributed by atoms with E-state index in [2.05, 4.69) is 21.2 Å². The molecule has 1 aromatic rings. The minimum atomic E-state index is -0.107. The minimum Gasteiger partial charge on any atom is -0.375 e. The third-order valence-corrected chi connectivity index (χ3v) is 4.91. The van der Waals surface area contributed by atoms with E-state index in [0.717, 1.165) is 10.2 Å². The zero-order chi connectivity index (χ0) is 16.8. The van der Waals surface area contributed by atoms with Crippen molar-refractivity contribution in [3.63, 3.8) is 0 Å². The van der Waals surface area contributed by atoms with Crippen molar-refractivity contribution in [3.8, 4) is 0 Å². The van der Waals surface area contributed by atoms with Crippen LogP contribution < -0.4 is 5.32 Å². The summed E-state index contributed by atoms with van der Waals surface area (Å²) in [5.41, 5.74) is 0.743. The zero-order valence-corrected chi connectivity index (χ0v) is 15.7. The number of halogens is 1. The van der Waals surface area contributed by atoms with Crippen LogP contribution in [0.1, 0.15) is 13.8 Å². The van der Waals surface area contributed by atoms with Crippen LogP contribution in [0.2, 0.25) is 0 Å². The Labute approximate surface area is 149 Å². The van der Waals surface area contributed by atoms with Gasteiger partial charge in [0.05, 0.1) is 30.3 Å². The van der Waals surface area contributed by atoms with Gasteiger partial charge in [-0.1, -0.05) is 22.0 Å². The molecule has 0 aromatic heterocycles. The maximum atomic E-state index is 12.3. The molecule has 1 aromatic carbocycles. The molecule has 7 heteroatoms. The minimum absolute atomic E-state index is 0.0629. The Morgan fingerprint density at radius 3 is 2.91 bits per heavy atom. The second-order valence-corrected chi connectivity index (χ2v) is 7.49. The number of thioether (sulfide) groups is 1. The molecule has 2 rings (SSSR count). The van der Waals surface area contributed by atoms with Gasteiger partial charge < -0.3 is 15.0 Å². The lowest BCUT2D eigenvalue weighted by molar-refractivity contribution is -0.140. The Kier molecular flexibility index (Phi) is 6.92. The van der Waals surface area contributed by atoms with E-state index in [1.807, 2.05) is 43.0 Å². The van der Waals surface area contributed by atoms with E-state index in [9.17, 15) is 9.59 Å². The smallest absolute Gasteiger partial charge is 0.234 e. The molecule has 0 spiro atoms. The number of benzene rings is 1. The highest BCUT2D eigenvalue weighted by atomic mass is 79.9. The average molecular weight is 401 g/mol. The summed E-state index contributed by atoms with van der Waals surface area (Å²) >= 11 is 4.70. The Bertz CT molecular complexity index is 570. The number of nitrogens with one attached hydrogen (secondary N) is 1. The molecule has 1 aliphatic heterocycles. The second-order valence-electron chi connectivity index (χ2n) is 5.59. The van der Waals surface area contributed by atoms with Crippen LogP contribution in [0.25, 0.3) is 0 Å². The van der Waals surface area contributed by atoms with Gasteiger partial charge in [0.1, 0.15) is 0 Å². The molecule has 1 saturated heterocycles. The van der Waals surface area contributed by atoms with Gasteiger partial charge in [-0.25, -0.2) is 0 Å². The summed E-state index contributed by atoms with van der Waals surface area (Å²) in [5, 5.41) is 2.82. The Morgan fingerprint density at radius 1 is 1.39 bits per heavy atom. The maximum Gasteiger partial charge on any atom is 0.234 e. The van der Waals surface area contributed by atoms with Crippen molar-refractivity contribution in [2.24, 2.45) is 0 Å². The number of rotatable bonds is 5. The molecule has 2 atom stereocenters. The van der Waals surface area contributed by atoms with Gasteiger partial charge in [0.2, 0.25) is 11.8 Å². The quantitative estimate of drug-likeness (QED) is 0.825. The molecular formula is C16H21BrN2O3S. The number of hydrogen-bond acceptors (Lipinski definition) is 4. The standard InChI is InChI=1S/C16H21BrN2O3S/c1-11-8-22-12(2)7-19(11)16(21)10-23-9-15(20)18-14-5-3-4-13(17)6-14/h3-6,11-12H,7-10H2,1-2H3,(H,18,20). The number of carbonyl (C=O) groups excluding carboxylic acids is 2. The Morgan fingerprint density at radius 2 is 2.17 bits per heavy atom. The van der Waals surface area contributed by atoms with Crippen LogP contribution in [0.5, 0.6) is 0 Å². The van der Waals surface area contributed by atoms with E-state index in [0.29, 0.717) is 18.9 Å². The molecule has 1 aliphatic rings. The van der Waals surface area contributed by atoms with Crippen LogP contribution in [-0.2, 0) is 14.3 Å². The molecule has 2 unspecified atom stereocenters. The fraction of sp³-hybridized carbons (Fsp3) is 0.500. The Balaban J connectivity index is 1.73. The number of nitrogens with zero attached hydrogens (tertiary/aromatic N) is 1. The zero-order valence-electron chi connectivity index (χ0n) is 13.3. The molecule has 1 N–H and O–H groups in total. The summed E-state index contributed by atoms with van der Waals surface area (Å²) in [5.74, 6) is 0.521. The second kappa shape index (κ2) is 8.70. The number of ether oxygens (including phenoxy) is 1. The number of hydrogen-bond donors (Lipinski definition) is 1. The van der Waals surface area contributed by atoms with Crippen molar-refractivity contribution in [2.45, 2.75) is 26.0 Å². The average Bonchev–Trinajstić information content (AvgIpc) is 2.49. The fourth-order valence-corrected chi connectivity index (χ4v) is 3.43. The molecule has 0 aliphatic carbocycles. The monoisotopic (exact) mass is 400 g/mol. The van der Waals surface area contributed by atoms with Crippen LogP contribution in [-0.4, -0.2) is 53.5 Å². The topological polar surface area (TPSA) is 58.6 Å². The fourth-order valence-electron chi connectivity index (χ4n) is 2.33. The van der Waals surface area contributed by atoms with Gasteiger partial charge in [-0.15, -0.1) is 11.8 Å². The third kappa shape index (κ3) is 5.82. The number of morpholine rings is 1. The summed E-state index contributed by atoms with van der Waals surface area (Å²) in [6.45, 7) is 5.13. The number of carbonyl (C=O) groups is 2. The maximum absolute atomic E-state index is 12.3. The lowest BCUT2D eigenvalue weighted by Gasteiger charge is -2.36. The van der Waals surface area contributed by atoms with Crippen molar-refractivity contribution < 1.29 is 14.3 Å². The molecule has 0 saturated carbocycles. The SMILES string of the molecule is CC1CN(C(=O)CSCC(=O)Nc2cccc(Br)c2)C(C)CO1. The first-order chi connectivity index (χ1) is 11.0. The van der Waals surface area contributed by atoms with Gasteiger partial charge in [-0.3, -0.25) is 9.59 Å². The van der Waals surface area contributed by atoms with Gasteiger partial charge in [-0.2, -0.15) is 0 Å². The third-order valence-electron chi connectivity index (χ3n) is 3.50. The van der Waals surface area contributed by atoms with Crippen molar-refractivity contribution >= 4 is 45.2 Å². The largest absolute Gasteiger partial charge is 0.375 e. The molecule has 2 amide bonds. The van der Waals surface area contributed by atoms with Gasteiger partial charge >= 0.3 is 0 Å². The van der Waals surface area contributed by atoms with E-state index in [4.69, 9.17) is 4.74 Å². The molecule has 1 fully saturated rings. The first kappa shape index (κ1) is 18.3. The van der Waals surface area contributed by atoms with E-state index >= 15 is 0 Å². The van der Waals surface area contributed by atoms with Gasteiger partial charge in [0, 0.05) is 16.7 Å². The molecule has 1 heterocycles. The predicted octanol–water partition coefficient (Wildman–Crippen LogP) is 2.76. The normalized spacial score (nSPS) is 21.1. The summed E-state index contributed by atoms with van der Waals surface area (Å²) in [7, 11) is 0. The summed E-state index contributed by atoms with van der Waals surface area (Å²) in [6.07, 6.45) is 0.0694. The van der Waals surface area contributed by atoms with Crippen LogP contribution in [0.3, 0.4) is 0 Å². The van der Waals surface area contributed by atoms with Gasteiger partial charge in [0.15, 0.2) is 0 Å². The van der Waals surface area contributed by atoms with E-state index in [-0.39, 0.29) is 29.7 Å². The van der Waals surface area contributed by atoms with Crippen molar-refractivity contribution in [3.05, 3.63) is 28.7 Å². The van der Waals surface area contributed by atoms with Crippen molar-refractivity contribution in [2.75, 3.05) is 30.0 Å². The Hall–Kier alpha value is -1.05. The number of amides is 2. The molecule has 23 heavy (non-hydrogen) atoms. The van der Waals surface area contributed by atoms with E-state index < -0.39 is 0 Å². The molecule has 126 valence electrons. The van der Waals surface area contributed by atoms with Crippen LogP contribution in [0.4, 0.5) is 5.69 Å². The summed E-state index contributed by atoms with van der Waals surface area (Å²) < 4.78 is 6.43. The van der Waals surface area contributed by atoms with E-state index in [1.54, 1.807) is 0 Å². The highest BCUT2D eigenvalue weighted by molar-refractivity contribution is 9.10. The van der Waals surface area contributed by atoms with E-state index in [1.165, 1.54) is 11.8 Å².